The van der Waals surface area contributed by atoms with Crippen LogP contribution in [0.3, 0.4) is 0 Å². The molecule has 0 fully saturated rings. The lowest BCUT2D eigenvalue weighted by Gasteiger charge is -2.09. The first-order chi connectivity index (χ1) is 9.76. The molecule has 0 bridgehead atoms. The molecule has 1 heterocycles. The van der Waals surface area contributed by atoms with Gasteiger partial charge in [0.15, 0.2) is 0 Å². The van der Waals surface area contributed by atoms with Crippen LogP contribution in [0, 0.1) is 0 Å². The Morgan fingerprint density at radius 3 is 2.75 bits per heavy atom. The molecule has 0 spiro atoms. The molecule has 3 nitrogen and oxygen atoms in total. The number of benzene rings is 2. The minimum absolute atomic E-state index is 0.0441. The van der Waals surface area contributed by atoms with Crippen molar-refractivity contribution in [3.63, 3.8) is 0 Å². The molecule has 1 aromatic heterocycles. The van der Waals surface area contributed by atoms with E-state index in [2.05, 4.69) is 4.98 Å². The molecule has 0 unspecified atom stereocenters. The third kappa shape index (κ3) is 2.59. The maximum atomic E-state index is 9.05. The third-order valence-electron chi connectivity index (χ3n) is 2.97. The van der Waals surface area contributed by atoms with Crippen LogP contribution in [0.15, 0.2) is 54.7 Å². The number of rotatable bonds is 3. The van der Waals surface area contributed by atoms with Crippen LogP contribution in [0.5, 0.6) is 11.5 Å². The van der Waals surface area contributed by atoms with Gasteiger partial charge in [-0.15, -0.1) is 0 Å². The second kappa shape index (κ2) is 5.49. The summed E-state index contributed by atoms with van der Waals surface area (Å²) in [6.45, 7) is -0.0441. The average molecular weight is 286 g/mol. The molecule has 0 aliphatic carbocycles. The Hall–Kier alpha value is -2.10. The van der Waals surface area contributed by atoms with Gasteiger partial charge in [-0.2, -0.15) is 0 Å². The number of ether oxygens (including phenoxy) is 1. The zero-order valence-electron chi connectivity index (χ0n) is 10.6. The molecule has 0 aliphatic heterocycles. The van der Waals surface area contributed by atoms with Gasteiger partial charge in [0.25, 0.3) is 0 Å². The molecule has 0 amide bonds. The summed E-state index contributed by atoms with van der Waals surface area (Å²) in [5.74, 6) is 1.17. The fraction of sp³-hybridized carbons (Fsp3) is 0.0625. The van der Waals surface area contributed by atoms with E-state index in [1.165, 1.54) is 0 Å². The minimum atomic E-state index is -0.0441. The molecule has 20 heavy (non-hydrogen) atoms. The van der Waals surface area contributed by atoms with Crippen LogP contribution in [-0.4, -0.2) is 10.1 Å². The Balaban J connectivity index is 1.92. The Morgan fingerprint density at radius 1 is 1.10 bits per heavy atom. The summed E-state index contributed by atoms with van der Waals surface area (Å²) in [4.78, 5) is 4.33. The molecule has 4 heteroatoms. The number of hydrogen-bond acceptors (Lipinski definition) is 3. The van der Waals surface area contributed by atoms with Crippen LogP contribution < -0.4 is 4.74 Å². The Kier molecular flexibility index (Phi) is 3.54. The fourth-order valence-corrected chi connectivity index (χ4v) is 2.20. The molecular weight excluding hydrogens is 274 g/mol. The monoisotopic (exact) mass is 285 g/mol. The van der Waals surface area contributed by atoms with Gasteiger partial charge in [0, 0.05) is 5.39 Å². The van der Waals surface area contributed by atoms with E-state index in [4.69, 9.17) is 21.4 Å². The standard InChI is InChI=1S/C16H12ClNO2/c17-14-7-11(10-19)5-6-16(14)20-13-8-12-3-1-2-4-15(12)18-9-13/h1-9,19H,10H2. The number of hydrogen-bond donors (Lipinski definition) is 1. The Morgan fingerprint density at radius 2 is 1.95 bits per heavy atom. The van der Waals surface area contributed by atoms with E-state index in [9.17, 15) is 0 Å². The van der Waals surface area contributed by atoms with Gasteiger partial charge in [0.05, 0.1) is 23.3 Å². The van der Waals surface area contributed by atoms with Crippen LogP contribution in [0.4, 0.5) is 0 Å². The summed E-state index contributed by atoms with van der Waals surface area (Å²) in [5, 5.41) is 10.5. The SMILES string of the molecule is OCc1ccc(Oc2cnc3ccccc3c2)c(Cl)c1. The summed E-state index contributed by atoms with van der Waals surface area (Å²) < 4.78 is 5.74. The maximum absolute atomic E-state index is 9.05. The number of para-hydroxylation sites is 1. The van der Waals surface area contributed by atoms with Crippen molar-refractivity contribution in [1.29, 1.82) is 0 Å². The maximum Gasteiger partial charge on any atom is 0.146 e. The topological polar surface area (TPSA) is 42.4 Å². The lowest BCUT2D eigenvalue weighted by Crippen LogP contribution is -1.89. The van der Waals surface area contributed by atoms with E-state index < -0.39 is 0 Å². The number of aliphatic hydroxyl groups is 1. The van der Waals surface area contributed by atoms with Crippen LogP contribution in [0.2, 0.25) is 5.02 Å². The molecule has 3 rings (SSSR count). The van der Waals surface area contributed by atoms with Crippen molar-refractivity contribution in [3.05, 3.63) is 65.3 Å². The van der Waals surface area contributed by atoms with Crippen molar-refractivity contribution < 1.29 is 9.84 Å². The van der Waals surface area contributed by atoms with Gasteiger partial charge in [-0.3, -0.25) is 4.98 Å². The molecule has 0 radical (unpaired) electrons. The van der Waals surface area contributed by atoms with E-state index in [1.54, 1.807) is 24.4 Å². The first kappa shape index (κ1) is 12.9. The molecule has 2 aromatic carbocycles. The summed E-state index contributed by atoms with van der Waals surface area (Å²) in [5.41, 5.74) is 1.67. The van der Waals surface area contributed by atoms with Crippen molar-refractivity contribution in [3.8, 4) is 11.5 Å². The lowest BCUT2D eigenvalue weighted by molar-refractivity contribution is 0.281. The summed E-state index contributed by atoms with van der Waals surface area (Å²) >= 11 is 6.12. The normalized spacial score (nSPS) is 10.7. The summed E-state index contributed by atoms with van der Waals surface area (Å²) in [6.07, 6.45) is 1.67. The fourth-order valence-electron chi connectivity index (χ4n) is 1.96. The molecular formula is C16H12ClNO2. The molecule has 100 valence electrons. The van der Waals surface area contributed by atoms with Gasteiger partial charge in [-0.1, -0.05) is 35.9 Å². The van der Waals surface area contributed by atoms with E-state index >= 15 is 0 Å². The molecule has 0 atom stereocenters. The minimum Gasteiger partial charge on any atom is -0.454 e. The quantitative estimate of drug-likeness (QED) is 0.785. The van der Waals surface area contributed by atoms with Gasteiger partial charge < -0.3 is 9.84 Å². The summed E-state index contributed by atoms with van der Waals surface area (Å²) in [7, 11) is 0. The van der Waals surface area contributed by atoms with Crippen molar-refractivity contribution in [2.24, 2.45) is 0 Å². The predicted molar refractivity (Wildman–Crippen MR) is 79.2 cm³/mol. The highest BCUT2D eigenvalue weighted by atomic mass is 35.5. The molecule has 1 N–H and O–H groups in total. The largest absolute Gasteiger partial charge is 0.454 e. The van der Waals surface area contributed by atoms with Crippen molar-refractivity contribution in [2.75, 3.05) is 0 Å². The highest BCUT2D eigenvalue weighted by molar-refractivity contribution is 6.32. The highest BCUT2D eigenvalue weighted by Gasteiger charge is 2.05. The zero-order chi connectivity index (χ0) is 13.9. The van der Waals surface area contributed by atoms with Crippen molar-refractivity contribution in [2.45, 2.75) is 6.61 Å². The van der Waals surface area contributed by atoms with E-state index in [1.807, 2.05) is 30.3 Å². The average Bonchev–Trinajstić information content (AvgIpc) is 2.49. The van der Waals surface area contributed by atoms with Crippen molar-refractivity contribution in [1.82, 2.24) is 4.98 Å². The molecule has 0 aliphatic rings. The van der Waals surface area contributed by atoms with Crippen LogP contribution in [0.25, 0.3) is 10.9 Å². The zero-order valence-corrected chi connectivity index (χ0v) is 11.3. The molecule has 0 saturated carbocycles. The van der Waals surface area contributed by atoms with Gasteiger partial charge in [0.1, 0.15) is 11.5 Å². The van der Waals surface area contributed by atoms with E-state index in [0.29, 0.717) is 16.5 Å². The second-order valence-corrected chi connectivity index (χ2v) is 4.80. The number of aromatic nitrogens is 1. The lowest BCUT2D eigenvalue weighted by atomic mass is 10.2. The summed E-state index contributed by atoms with van der Waals surface area (Å²) in [6, 6.07) is 14.9. The number of aliphatic hydroxyl groups excluding tert-OH is 1. The van der Waals surface area contributed by atoms with Crippen molar-refractivity contribution >= 4 is 22.5 Å². The van der Waals surface area contributed by atoms with Crippen LogP contribution >= 0.6 is 11.6 Å². The first-order valence-corrected chi connectivity index (χ1v) is 6.56. The van der Waals surface area contributed by atoms with E-state index in [-0.39, 0.29) is 6.61 Å². The number of fused-ring (bicyclic) bond motifs is 1. The van der Waals surface area contributed by atoms with Gasteiger partial charge >= 0.3 is 0 Å². The number of halogens is 1. The van der Waals surface area contributed by atoms with Crippen LogP contribution in [0.1, 0.15) is 5.56 Å². The Bertz CT molecular complexity index is 758. The first-order valence-electron chi connectivity index (χ1n) is 6.18. The predicted octanol–water partition coefficient (Wildman–Crippen LogP) is 4.17. The van der Waals surface area contributed by atoms with E-state index in [0.717, 1.165) is 16.5 Å². The number of nitrogens with zero attached hydrogens (tertiary/aromatic N) is 1. The smallest absolute Gasteiger partial charge is 0.146 e. The number of pyridine rings is 1. The van der Waals surface area contributed by atoms with Crippen LogP contribution in [-0.2, 0) is 6.61 Å². The van der Waals surface area contributed by atoms with Gasteiger partial charge in [-0.05, 0) is 29.8 Å². The second-order valence-electron chi connectivity index (χ2n) is 4.39. The van der Waals surface area contributed by atoms with Gasteiger partial charge in [-0.25, -0.2) is 0 Å². The molecule has 0 saturated heterocycles. The highest BCUT2D eigenvalue weighted by Crippen LogP contribution is 2.31. The Labute approximate surface area is 121 Å². The van der Waals surface area contributed by atoms with Gasteiger partial charge in [0.2, 0.25) is 0 Å². The third-order valence-corrected chi connectivity index (χ3v) is 3.27. The molecule has 3 aromatic rings.